The Labute approximate surface area is 179 Å². The number of aromatic nitrogens is 4. The number of hydrogen-bond donors (Lipinski definition) is 1. The van der Waals surface area contributed by atoms with Crippen molar-refractivity contribution >= 4 is 11.6 Å². The van der Waals surface area contributed by atoms with Crippen LogP contribution in [0.4, 0.5) is 5.69 Å². The van der Waals surface area contributed by atoms with Crippen molar-refractivity contribution in [2.75, 3.05) is 11.9 Å². The lowest BCUT2D eigenvalue weighted by Gasteiger charge is -2.09. The molecule has 0 aliphatic heterocycles. The van der Waals surface area contributed by atoms with Crippen LogP contribution in [-0.4, -0.2) is 32.3 Å². The van der Waals surface area contributed by atoms with Crippen LogP contribution in [0, 0.1) is 13.8 Å². The molecule has 0 bridgehead atoms. The predicted molar refractivity (Wildman–Crippen MR) is 116 cm³/mol. The summed E-state index contributed by atoms with van der Waals surface area (Å²) in [6, 6.07) is 18.1. The fourth-order valence-electron chi connectivity index (χ4n) is 2.82. The summed E-state index contributed by atoms with van der Waals surface area (Å²) in [5.41, 5.74) is 1.77. The summed E-state index contributed by atoms with van der Waals surface area (Å²) in [7, 11) is 0. The van der Waals surface area contributed by atoms with Crippen LogP contribution in [0.2, 0.25) is 0 Å². The zero-order valence-electron chi connectivity index (χ0n) is 17.1. The van der Waals surface area contributed by atoms with Crippen LogP contribution in [0.25, 0.3) is 5.82 Å². The number of aryl methyl sites for hydroxylation is 2. The molecule has 2 heterocycles. The molecule has 1 N–H and O–H groups in total. The first-order chi connectivity index (χ1) is 15.1. The van der Waals surface area contributed by atoms with Gasteiger partial charge in [-0.3, -0.25) is 9.36 Å². The van der Waals surface area contributed by atoms with Crippen molar-refractivity contribution in [1.29, 1.82) is 0 Å². The molecule has 4 aromatic rings. The Morgan fingerprint density at radius 1 is 0.935 bits per heavy atom. The molecule has 0 spiro atoms. The maximum Gasteiger partial charge on any atom is 0.262 e. The number of benzene rings is 2. The van der Waals surface area contributed by atoms with Crippen LogP contribution in [-0.2, 0) is 4.79 Å². The molecule has 2 aromatic carbocycles. The van der Waals surface area contributed by atoms with Crippen molar-refractivity contribution in [3.05, 3.63) is 84.4 Å². The van der Waals surface area contributed by atoms with E-state index in [2.05, 4.69) is 20.5 Å². The molecule has 0 radical (unpaired) electrons. The molecule has 2 aromatic heterocycles. The standard InChI is InChI=1S/C23H21N5O3/c1-16-3-7-19(8-4-16)30-15-22(29)25-18-5-9-20(10-6-18)31-23-12-11-21(26-27-23)28-14-13-24-17(28)2/h3-14H,15H2,1-2H3,(H,25,29). The van der Waals surface area contributed by atoms with E-state index >= 15 is 0 Å². The third-order valence-electron chi connectivity index (χ3n) is 4.45. The number of carbonyl (C=O) groups is 1. The Balaban J connectivity index is 1.30. The summed E-state index contributed by atoms with van der Waals surface area (Å²) >= 11 is 0. The number of hydrogen-bond acceptors (Lipinski definition) is 6. The van der Waals surface area contributed by atoms with Crippen molar-refractivity contribution in [3.63, 3.8) is 0 Å². The Hall–Kier alpha value is -4.20. The fraction of sp³-hybridized carbons (Fsp3) is 0.130. The quantitative estimate of drug-likeness (QED) is 0.489. The second-order valence-corrected chi connectivity index (χ2v) is 6.85. The average Bonchev–Trinajstić information content (AvgIpc) is 3.21. The maximum atomic E-state index is 12.1. The normalized spacial score (nSPS) is 10.5. The van der Waals surface area contributed by atoms with Gasteiger partial charge in [-0.25, -0.2) is 4.98 Å². The summed E-state index contributed by atoms with van der Waals surface area (Å²) in [6.45, 7) is 3.81. The molecule has 1 amide bonds. The first kappa shape index (κ1) is 20.1. The first-order valence-corrected chi connectivity index (χ1v) is 9.68. The van der Waals surface area contributed by atoms with Gasteiger partial charge in [-0.1, -0.05) is 17.7 Å². The van der Waals surface area contributed by atoms with Crippen molar-refractivity contribution in [1.82, 2.24) is 19.7 Å². The second-order valence-electron chi connectivity index (χ2n) is 6.85. The van der Waals surface area contributed by atoms with Gasteiger partial charge >= 0.3 is 0 Å². The van der Waals surface area contributed by atoms with E-state index in [9.17, 15) is 4.79 Å². The Morgan fingerprint density at radius 3 is 2.32 bits per heavy atom. The van der Waals surface area contributed by atoms with Crippen LogP contribution in [0.5, 0.6) is 17.4 Å². The Morgan fingerprint density at radius 2 is 1.68 bits per heavy atom. The largest absolute Gasteiger partial charge is 0.484 e. The fourth-order valence-corrected chi connectivity index (χ4v) is 2.82. The Kier molecular flexibility index (Phi) is 5.89. The lowest BCUT2D eigenvalue weighted by molar-refractivity contribution is -0.118. The van der Waals surface area contributed by atoms with Gasteiger partial charge in [-0.2, -0.15) is 0 Å². The van der Waals surface area contributed by atoms with Crippen molar-refractivity contribution in [3.8, 4) is 23.2 Å². The maximum absolute atomic E-state index is 12.1. The van der Waals surface area contributed by atoms with E-state index in [1.54, 1.807) is 42.6 Å². The van der Waals surface area contributed by atoms with Crippen LogP contribution in [0.1, 0.15) is 11.4 Å². The number of nitrogens with one attached hydrogen (secondary N) is 1. The molecule has 8 heteroatoms. The summed E-state index contributed by atoms with van der Waals surface area (Å²) in [6.07, 6.45) is 3.52. The molecule has 0 fully saturated rings. The molecule has 0 aliphatic carbocycles. The van der Waals surface area contributed by atoms with Crippen LogP contribution >= 0.6 is 0 Å². The summed E-state index contributed by atoms with van der Waals surface area (Å²) < 4.78 is 13.0. The number of nitrogens with zero attached hydrogens (tertiary/aromatic N) is 4. The van der Waals surface area contributed by atoms with Gasteiger partial charge in [0, 0.05) is 24.1 Å². The molecular formula is C23H21N5O3. The van der Waals surface area contributed by atoms with Gasteiger partial charge in [-0.05, 0) is 56.3 Å². The number of amides is 1. The van der Waals surface area contributed by atoms with E-state index < -0.39 is 0 Å². The molecule has 156 valence electrons. The topological polar surface area (TPSA) is 91.2 Å². The van der Waals surface area contributed by atoms with Gasteiger partial charge < -0.3 is 14.8 Å². The molecule has 8 nitrogen and oxygen atoms in total. The van der Waals surface area contributed by atoms with Crippen LogP contribution < -0.4 is 14.8 Å². The van der Waals surface area contributed by atoms with Gasteiger partial charge in [0.2, 0.25) is 5.88 Å². The molecule has 4 rings (SSSR count). The molecule has 0 atom stereocenters. The monoisotopic (exact) mass is 415 g/mol. The van der Waals surface area contributed by atoms with Crippen molar-refractivity contribution in [2.45, 2.75) is 13.8 Å². The summed E-state index contributed by atoms with van der Waals surface area (Å²) in [5.74, 6) is 2.84. The summed E-state index contributed by atoms with van der Waals surface area (Å²) in [5, 5.41) is 11.0. The molecule has 0 saturated heterocycles. The number of carbonyl (C=O) groups excluding carboxylic acids is 1. The number of ether oxygens (including phenoxy) is 2. The minimum absolute atomic E-state index is 0.0698. The third-order valence-corrected chi connectivity index (χ3v) is 4.45. The predicted octanol–water partition coefficient (Wildman–Crippen LogP) is 4.09. The summed E-state index contributed by atoms with van der Waals surface area (Å²) in [4.78, 5) is 16.3. The lowest BCUT2D eigenvalue weighted by atomic mass is 10.2. The zero-order valence-corrected chi connectivity index (χ0v) is 17.1. The third kappa shape index (κ3) is 5.24. The number of rotatable bonds is 7. The highest BCUT2D eigenvalue weighted by atomic mass is 16.5. The lowest BCUT2D eigenvalue weighted by Crippen LogP contribution is -2.20. The van der Waals surface area contributed by atoms with Gasteiger partial charge in [0.15, 0.2) is 12.4 Å². The molecule has 0 unspecified atom stereocenters. The van der Waals surface area contributed by atoms with Crippen molar-refractivity contribution in [2.24, 2.45) is 0 Å². The minimum Gasteiger partial charge on any atom is -0.484 e. The van der Waals surface area contributed by atoms with Gasteiger partial charge in [0.05, 0.1) is 0 Å². The van der Waals surface area contributed by atoms with Crippen LogP contribution in [0.3, 0.4) is 0 Å². The smallest absolute Gasteiger partial charge is 0.262 e. The number of imidazole rings is 1. The van der Waals surface area contributed by atoms with E-state index in [4.69, 9.17) is 9.47 Å². The molecular weight excluding hydrogens is 394 g/mol. The number of anilines is 1. The van der Waals surface area contributed by atoms with E-state index in [-0.39, 0.29) is 12.5 Å². The van der Waals surface area contributed by atoms with Gasteiger partial charge in [0.1, 0.15) is 17.3 Å². The van der Waals surface area contributed by atoms with E-state index in [1.165, 1.54) is 0 Å². The highest BCUT2D eigenvalue weighted by molar-refractivity contribution is 5.91. The molecule has 0 aliphatic rings. The first-order valence-electron chi connectivity index (χ1n) is 9.68. The van der Waals surface area contributed by atoms with Crippen LogP contribution in [0.15, 0.2) is 73.1 Å². The SMILES string of the molecule is Cc1ccc(OCC(=O)Nc2ccc(Oc3ccc(-n4ccnc4C)nn3)cc2)cc1. The van der Waals surface area contributed by atoms with E-state index in [1.807, 2.05) is 48.9 Å². The average molecular weight is 415 g/mol. The van der Waals surface area contributed by atoms with Gasteiger partial charge in [0.25, 0.3) is 5.91 Å². The van der Waals surface area contributed by atoms with E-state index in [0.717, 1.165) is 11.4 Å². The zero-order chi connectivity index (χ0) is 21.6. The molecule has 0 saturated carbocycles. The minimum atomic E-state index is -0.245. The van der Waals surface area contributed by atoms with Gasteiger partial charge in [-0.15, -0.1) is 10.2 Å². The van der Waals surface area contributed by atoms with Crippen molar-refractivity contribution < 1.29 is 14.3 Å². The van der Waals surface area contributed by atoms with E-state index in [0.29, 0.717) is 28.9 Å². The second kappa shape index (κ2) is 9.08. The highest BCUT2D eigenvalue weighted by Gasteiger charge is 2.07. The Bertz CT molecular complexity index is 1150. The highest BCUT2D eigenvalue weighted by Crippen LogP contribution is 2.22. The molecule has 31 heavy (non-hydrogen) atoms.